The zero-order valence-electron chi connectivity index (χ0n) is 17.4. The fourth-order valence-corrected chi connectivity index (χ4v) is 6.20. The Labute approximate surface area is 189 Å². The number of hydrogen-bond donors (Lipinski definition) is 1. The third-order valence-corrected chi connectivity index (χ3v) is 8.44. The van der Waals surface area contributed by atoms with Crippen LogP contribution >= 0.6 is 11.3 Å². The topological polar surface area (TPSA) is 109 Å². The molecule has 0 unspecified atom stereocenters. The van der Waals surface area contributed by atoms with Gasteiger partial charge in [0.15, 0.2) is 0 Å². The van der Waals surface area contributed by atoms with Crippen LogP contribution in [0.25, 0.3) is 11.0 Å². The van der Waals surface area contributed by atoms with Gasteiger partial charge in [0.05, 0.1) is 6.61 Å². The van der Waals surface area contributed by atoms with Crippen molar-refractivity contribution in [3.8, 4) is 0 Å². The fourth-order valence-electron chi connectivity index (χ4n) is 3.63. The summed E-state index contributed by atoms with van der Waals surface area (Å²) >= 11 is 1.21. The van der Waals surface area contributed by atoms with Crippen molar-refractivity contribution >= 4 is 44.1 Å². The van der Waals surface area contributed by atoms with E-state index in [1.807, 2.05) is 0 Å². The van der Waals surface area contributed by atoms with Crippen molar-refractivity contribution < 1.29 is 22.4 Å². The fraction of sp³-hybridized carbons (Fsp3) is 0.333. The number of hydrogen-bond acceptors (Lipinski definition) is 8. The second-order valence-corrected chi connectivity index (χ2v) is 10.4. The van der Waals surface area contributed by atoms with E-state index < -0.39 is 21.7 Å². The van der Waals surface area contributed by atoms with Crippen LogP contribution < -0.4 is 10.9 Å². The van der Waals surface area contributed by atoms with Crippen LogP contribution in [0.5, 0.6) is 0 Å². The standard InChI is InChI=1S/C21H23N3O6S2/c1-2-29-21(26)22-16-5-6-17-15(12-19(25)30-18(17)13-16)14-23-7-9-24(10-8-23)32(27,28)20-4-3-11-31-20/h3-6,11-13H,2,7-10,14H2,1H3,(H,22,26). The molecule has 0 bridgehead atoms. The number of carbonyl (C=O) groups excluding carboxylic acids is 1. The second kappa shape index (κ2) is 9.41. The minimum Gasteiger partial charge on any atom is -0.450 e. The highest BCUT2D eigenvalue weighted by Gasteiger charge is 2.29. The molecule has 3 aromatic rings. The molecule has 32 heavy (non-hydrogen) atoms. The molecule has 9 nitrogen and oxygen atoms in total. The molecule has 1 saturated heterocycles. The number of amides is 1. The van der Waals surface area contributed by atoms with E-state index in [0.717, 1.165) is 10.9 Å². The molecule has 11 heteroatoms. The van der Waals surface area contributed by atoms with Gasteiger partial charge in [0.2, 0.25) is 0 Å². The van der Waals surface area contributed by atoms with Gasteiger partial charge in [-0.3, -0.25) is 10.2 Å². The first-order chi connectivity index (χ1) is 15.4. The Kier molecular flexibility index (Phi) is 6.60. The van der Waals surface area contributed by atoms with Crippen molar-refractivity contribution in [3.05, 3.63) is 57.8 Å². The lowest BCUT2D eigenvalue weighted by molar-refractivity contribution is 0.168. The minimum absolute atomic E-state index is 0.251. The number of nitrogens with one attached hydrogen (secondary N) is 1. The van der Waals surface area contributed by atoms with E-state index in [1.54, 1.807) is 42.6 Å². The van der Waals surface area contributed by atoms with Gasteiger partial charge in [-0.15, -0.1) is 11.3 Å². The number of fused-ring (bicyclic) bond motifs is 1. The summed E-state index contributed by atoms with van der Waals surface area (Å²) in [4.78, 5) is 25.9. The summed E-state index contributed by atoms with van der Waals surface area (Å²) in [5.74, 6) is 0. The van der Waals surface area contributed by atoms with E-state index >= 15 is 0 Å². The lowest BCUT2D eigenvalue weighted by Gasteiger charge is -2.33. The largest absolute Gasteiger partial charge is 0.450 e. The van der Waals surface area contributed by atoms with Crippen LogP contribution in [0.4, 0.5) is 10.5 Å². The quantitative estimate of drug-likeness (QED) is 0.544. The molecule has 0 saturated carbocycles. The third kappa shape index (κ3) is 4.85. The average molecular weight is 478 g/mol. The molecular weight excluding hydrogens is 454 g/mol. The molecule has 1 aliphatic rings. The van der Waals surface area contributed by atoms with Crippen molar-refractivity contribution in [2.45, 2.75) is 17.7 Å². The van der Waals surface area contributed by atoms with Gasteiger partial charge >= 0.3 is 11.7 Å². The molecule has 1 amide bonds. The van der Waals surface area contributed by atoms with Gasteiger partial charge < -0.3 is 9.15 Å². The van der Waals surface area contributed by atoms with Gasteiger partial charge in [-0.25, -0.2) is 18.0 Å². The van der Waals surface area contributed by atoms with Crippen LogP contribution in [0, 0.1) is 0 Å². The SMILES string of the molecule is CCOC(=O)Nc1ccc2c(CN3CCN(S(=O)(=O)c4cccs4)CC3)cc(=O)oc2c1. The molecule has 0 spiro atoms. The highest BCUT2D eigenvalue weighted by molar-refractivity contribution is 7.91. The summed E-state index contributed by atoms with van der Waals surface area (Å²) in [6.45, 7) is 4.31. The van der Waals surface area contributed by atoms with Crippen molar-refractivity contribution in [1.82, 2.24) is 9.21 Å². The highest BCUT2D eigenvalue weighted by atomic mass is 32.2. The molecule has 1 aliphatic heterocycles. The molecule has 0 aliphatic carbocycles. The van der Waals surface area contributed by atoms with Crippen LogP contribution in [0.3, 0.4) is 0 Å². The Morgan fingerprint density at radius 2 is 1.97 bits per heavy atom. The van der Waals surface area contributed by atoms with E-state index in [9.17, 15) is 18.0 Å². The van der Waals surface area contributed by atoms with Crippen LogP contribution in [-0.4, -0.2) is 56.5 Å². The Morgan fingerprint density at radius 3 is 2.66 bits per heavy atom. The van der Waals surface area contributed by atoms with Crippen molar-refractivity contribution in [3.63, 3.8) is 0 Å². The molecule has 0 radical (unpaired) electrons. The van der Waals surface area contributed by atoms with Crippen molar-refractivity contribution in [2.75, 3.05) is 38.1 Å². The van der Waals surface area contributed by atoms with E-state index in [2.05, 4.69) is 10.2 Å². The number of rotatable bonds is 6. The number of benzene rings is 1. The molecule has 0 atom stereocenters. The van der Waals surface area contributed by atoms with Crippen molar-refractivity contribution in [1.29, 1.82) is 0 Å². The van der Waals surface area contributed by atoms with Gasteiger partial charge in [0.1, 0.15) is 9.79 Å². The monoisotopic (exact) mass is 477 g/mol. The smallest absolute Gasteiger partial charge is 0.411 e. The maximum Gasteiger partial charge on any atom is 0.411 e. The molecular formula is C21H23N3O6S2. The zero-order chi connectivity index (χ0) is 22.7. The van der Waals surface area contributed by atoms with E-state index in [1.165, 1.54) is 21.7 Å². The molecule has 1 N–H and O–H groups in total. The van der Waals surface area contributed by atoms with E-state index in [4.69, 9.17) is 9.15 Å². The highest BCUT2D eigenvalue weighted by Crippen LogP contribution is 2.25. The Morgan fingerprint density at radius 1 is 1.19 bits per heavy atom. The Balaban J connectivity index is 1.47. The second-order valence-electron chi connectivity index (χ2n) is 7.26. The van der Waals surface area contributed by atoms with Crippen LogP contribution in [0.2, 0.25) is 0 Å². The molecule has 2 aromatic heterocycles. The summed E-state index contributed by atoms with van der Waals surface area (Å²) in [7, 11) is -3.46. The number of ether oxygens (including phenoxy) is 1. The van der Waals surface area contributed by atoms with Crippen molar-refractivity contribution in [2.24, 2.45) is 0 Å². The average Bonchev–Trinajstić information content (AvgIpc) is 3.30. The summed E-state index contributed by atoms with van der Waals surface area (Å²) in [5.41, 5.74) is 1.12. The summed E-state index contributed by atoms with van der Waals surface area (Å²) in [6.07, 6.45) is -0.583. The van der Waals surface area contributed by atoms with Crippen LogP contribution in [0.1, 0.15) is 12.5 Å². The molecule has 4 rings (SSSR count). The number of anilines is 1. The Hall–Kier alpha value is -2.73. The number of piperazine rings is 1. The maximum absolute atomic E-state index is 12.7. The molecule has 1 aromatic carbocycles. The van der Waals surface area contributed by atoms with Gasteiger partial charge in [-0.2, -0.15) is 4.31 Å². The predicted octanol–water partition coefficient (Wildman–Crippen LogP) is 2.93. The molecule has 170 valence electrons. The van der Waals surface area contributed by atoms with Crippen LogP contribution in [-0.2, 0) is 21.3 Å². The molecule has 1 fully saturated rings. The van der Waals surface area contributed by atoms with E-state index in [-0.39, 0.29) is 6.61 Å². The molecule has 3 heterocycles. The lowest BCUT2D eigenvalue weighted by atomic mass is 10.1. The summed E-state index contributed by atoms with van der Waals surface area (Å²) < 4.78 is 37.5. The first kappa shape index (κ1) is 22.5. The summed E-state index contributed by atoms with van der Waals surface area (Å²) in [6, 6.07) is 9.89. The van der Waals surface area contributed by atoms with Crippen LogP contribution in [0.15, 0.2) is 55.2 Å². The van der Waals surface area contributed by atoms with Gasteiger partial charge in [-0.1, -0.05) is 6.07 Å². The third-order valence-electron chi connectivity index (χ3n) is 5.17. The van der Waals surface area contributed by atoms with Gasteiger partial charge in [0, 0.05) is 55.9 Å². The zero-order valence-corrected chi connectivity index (χ0v) is 19.1. The number of carbonyl (C=O) groups is 1. The number of nitrogens with zero attached hydrogens (tertiary/aromatic N) is 2. The predicted molar refractivity (Wildman–Crippen MR) is 121 cm³/mol. The normalized spacial score (nSPS) is 15.7. The van der Waals surface area contributed by atoms with Gasteiger partial charge in [-0.05, 0) is 36.1 Å². The first-order valence-corrected chi connectivity index (χ1v) is 12.5. The van der Waals surface area contributed by atoms with E-state index in [0.29, 0.717) is 48.2 Å². The number of thiophene rings is 1. The summed E-state index contributed by atoms with van der Waals surface area (Å²) in [5, 5.41) is 5.10. The Bertz CT molecular complexity index is 1260. The minimum atomic E-state index is -3.46. The lowest BCUT2D eigenvalue weighted by Crippen LogP contribution is -2.48. The number of sulfonamides is 1. The van der Waals surface area contributed by atoms with Gasteiger partial charge in [0.25, 0.3) is 10.0 Å². The maximum atomic E-state index is 12.7. The first-order valence-electron chi connectivity index (χ1n) is 10.1.